The van der Waals surface area contributed by atoms with Crippen molar-refractivity contribution < 1.29 is 8.42 Å². The van der Waals surface area contributed by atoms with Crippen LogP contribution in [0.15, 0.2) is 29.2 Å². The second kappa shape index (κ2) is 7.49. The van der Waals surface area contributed by atoms with Gasteiger partial charge in [0.25, 0.3) is 0 Å². The fourth-order valence-electron chi connectivity index (χ4n) is 2.14. The van der Waals surface area contributed by atoms with Gasteiger partial charge in [0.05, 0.1) is 4.90 Å². The van der Waals surface area contributed by atoms with E-state index in [1.807, 2.05) is 23.9 Å². The smallest absolute Gasteiger partial charge is 0.242 e. The Kier molecular flexibility index (Phi) is 5.92. The minimum Gasteiger partial charge on any atom is -0.384 e. The first-order valence-electron chi connectivity index (χ1n) is 7.07. The van der Waals surface area contributed by atoms with E-state index in [4.69, 9.17) is 0 Å². The molecule has 0 amide bonds. The van der Waals surface area contributed by atoms with Crippen molar-refractivity contribution in [2.75, 3.05) is 57.1 Å². The Bertz CT molecular complexity index is 538. The van der Waals surface area contributed by atoms with Crippen LogP contribution in [0.3, 0.4) is 0 Å². The van der Waals surface area contributed by atoms with Crippen molar-refractivity contribution in [1.29, 1.82) is 0 Å². The molecule has 1 saturated heterocycles. The van der Waals surface area contributed by atoms with Crippen LogP contribution >= 0.6 is 11.8 Å². The normalized spacial score (nSPS) is 17.1. The van der Waals surface area contributed by atoms with Gasteiger partial charge in [-0.15, -0.1) is 0 Å². The maximum atomic E-state index is 12.0. The quantitative estimate of drug-likeness (QED) is 0.855. The fourth-order valence-corrected chi connectivity index (χ4v) is 4.02. The van der Waals surface area contributed by atoms with Gasteiger partial charge in [0.1, 0.15) is 0 Å². The molecule has 21 heavy (non-hydrogen) atoms. The summed E-state index contributed by atoms with van der Waals surface area (Å²) in [5, 5.41) is 3.34. The van der Waals surface area contributed by atoms with E-state index in [0.29, 0.717) is 4.90 Å². The number of hydrogen-bond acceptors (Lipinski definition) is 5. The zero-order chi connectivity index (χ0) is 15.3. The molecular weight excluding hydrogens is 306 g/mol. The van der Waals surface area contributed by atoms with Crippen molar-refractivity contribution in [3.05, 3.63) is 24.3 Å². The predicted molar refractivity (Wildman–Crippen MR) is 89.6 cm³/mol. The molecule has 0 spiro atoms. The van der Waals surface area contributed by atoms with E-state index in [1.54, 1.807) is 26.2 Å². The summed E-state index contributed by atoms with van der Waals surface area (Å²) in [6.07, 6.45) is 0. The number of thioether (sulfide) groups is 1. The number of nitrogens with zero attached hydrogens (tertiary/aromatic N) is 2. The summed E-state index contributed by atoms with van der Waals surface area (Å²) in [6, 6.07) is 6.94. The number of anilines is 1. The van der Waals surface area contributed by atoms with Gasteiger partial charge in [-0.1, -0.05) is 0 Å². The molecule has 0 unspecified atom stereocenters. The van der Waals surface area contributed by atoms with Gasteiger partial charge in [0.2, 0.25) is 10.0 Å². The largest absolute Gasteiger partial charge is 0.384 e. The lowest BCUT2D eigenvalue weighted by Gasteiger charge is -2.26. The molecule has 0 aromatic heterocycles. The average molecular weight is 329 g/mol. The van der Waals surface area contributed by atoms with Gasteiger partial charge in [-0.25, -0.2) is 12.7 Å². The lowest BCUT2D eigenvalue weighted by atomic mass is 10.3. The van der Waals surface area contributed by atoms with E-state index >= 15 is 0 Å². The summed E-state index contributed by atoms with van der Waals surface area (Å²) in [7, 11) is -0.256. The maximum absolute atomic E-state index is 12.0. The molecule has 1 heterocycles. The maximum Gasteiger partial charge on any atom is 0.242 e. The first-order valence-corrected chi connectivity index (χ1v) is 9.66. The van der Waals surface area contributed by atoms with Gasteiger partial charge in [-0.3, -0.25) is 4.90 Å². The molecule has 1 aromatic carbocycles. The van der Waals surface area contributed by atoms with Crippen LogP contribution in [-0.2, 0) is 10.0 Å². The van der Waals surface area contributed by atoms with Crippen LogP contribution in [0.4, 0.5) is 5.69 Å². The number of hydrogen-bond donors (Lipinski definition) is 1. The molecule has 1 aliphatic rings. The lowest BCUT2D eigenvalue weighted by Crippen LogP contribution is -2.36. The molecule has 5 nitrogen and oxygen atoms in total. The van der Waals surface area contributed by atoms with Gasteiger partial charge in [0, 0.05) is 57.5 Å². The lowest BCUT2D eigenvalue weighted by molar-refractivity contribution is 0.314. The molecule has 2 rings (SSSR count). The predicted octanol–water partition coefficient (Wildman–Crippen LogP) is 1.40. The Morgan fingerprint density at radius 3 is 2.38 bits per heavy atom. The number of rotatable bonds is 6. The Hall–Kier alpha value is -0.760. The molecule has 0 aliphatic carbocycles. The average Bonchev–Trinajstić information content (AvgIpc) is 2.49. The Labute approximate surface area is 131 Å². The minimum absolute atomic E-state index is 0.325. The molecule has 0 atom stereocenters. The third kappa shape index (κ3) is 4.60. The van der Waals surface area contributed by atoms with Crippen LogP contribution in [0.2, 0.25) is 0 Å². The first kappa shape index (κ1) is 16.6. The van der Waals surface area contributed by atoms with Crippen molar-refractivity contribution in [2.24, 2.45) is 0 Å². The van der Waals surface area contributed by atoms with Gasteiger partial charge in [-0.05, 0) is 24.3 Å². The zero-order valence-corrected chi connectivity index (χ0v) is 14.2. The van der Waals surface area contributed by atoms with Gasteiger partial charge < -0.3 is 5.32 Å². The first-order chi connectivity index (χ1) is 10.00. The van der Waals surface area contributed by atoms with Crippen LogP contribution in [0, 0.1) is 0 Å². The summed E-state index contributed by atoms with van der Waals surface area (Å²) in [5.74, 6) is 2.44. The second-order valence-corrected chi connectivity index (χ2v) is 8.57. The Morgan fingerprint density at radius 2 is 1.81 bits per heavy atom. The molecule has 0 bridgehead atoms. The standard InChI is InChI=1S/C14H23N3O2S2/c1-16(2)21(18,19)14-5-3-13(4-6-14)15-7-8-17-9-11-20-12-10-17/h3-6,15H,7-12H2,1-2H3. The summed E-state index contributed by atoms with van der Waals surface area (Å²) in [4.78, 5) is 2.78. The summed E-state index contributed by atoms with van der Waals surface area (Å²) in [5.41, 5.74) is 0.957. The molecule has 1 fully saturated rings. The van der Waals surface area contributed by atoms with E-state index < -0.39 is 10.0 Å². The van der Waals surface area contributed by atoms with E-state index in [1.165, 1.54) is 15.8 Å². The van der Waals surface area contributed by atoms with Crippen LogP contribution in [0.5, 0.6) is 0 Å². The highest BCUT2D eigenvalue weighted by Crippen LogP contribution is 2.16. The summed E-state index contributed by atoms with van der Waals surface area (Å²) >= 11 is 2.01. The monoisotopic (exact) mass is 329 g/mol. The Morgan fingerprint density at radius 1 is 1.19 bits per heavy atom. The fraction of sp³-hybridized carbons (Fsp3) is 0.571. The topological polar surface area (TPSA) is 52.7 Å². The van der Waals surface area contributed by atoms with E-state index in [-0.39, 0.29) is 0 Å². The van der Waals surface area contributed by atoms with Crippen molar-refractivity contribution in [3.8, 4) is 0 Å². The van der Waals surface area contributed by atoms with Crippen molar-refractivity contribution in [1.82, 2.24) is 9.21 Å². The summed E-state index contributed by atoms with van der Waals surface area (Å²) < 4.78 is 25.1. The van der Waals surface area contributed by atoms with E-state index in [2.05, 4.69) is 10.2 Å². The molecule has 1 N–H and O–H groups in total. The van der Waals surface area contributed by atoms with Crippen molar-refractivity contribution in [3.63, 3.8) is 0 Å². The summed E-state index contributed by atoms with van der Waals surface area (Å²) in [6.45, 7) is 4.22. The number of benzene rings is 1. The highest BCUT2D eigenvalue weighted by molar-refractivity contribution is 7.99. The zero-order valence-electron chi connectivity index (χ0n) is 12.6. The molecule has 118 valence electrons. The van der Waals surface area contributed by atoms with E-state index in [0.717, 1.165) is 31.9 Å². The molecule has 0 saturated carbocycles. The third-order valence-corrected chi connectivity index (χ3v) is 6.27. The van der Waals surface area contributed by atoms with Crippen molar-refractivity contribution >= 4 is 27.5 Å². The van der Waals surface area contributed by atoms with Crippen LogP contribution in [0.25, 0.3) is 0 Å². The van der Waals surface area contributed by atoms with Crippen LogP contribution in [-0.4, -0.2) is 69.4 Å². The SMILES string of the molecule is CN(C)S(=O)(=O)c1ccc(NCCN2CCSCC2)cc1. The molecule has 1 aliphatic heterocycles. The highest BCUT2D eigenvalue weighted by atomic mass is 32.2. The Balaban J connectivity index is 1.85. The van der Waals surface area contributed by atoms with Gasteiger partial charge in [0.15, 0.2) is 0 Å². The number of nitrogens with one attached hydrogen (secondary N) is 1. The molecule has 0 radical (unpaired) electrons. The highest BCUT2D eigenvalue weighted by Gasteiger charge is 2.16. The van der Waals surface area contributed by atoms with E-state index in [9.17, 15) is 8.42 Å². The number of sulfonamides is 1. The van der Waals surface area contributed by atoms with Crippen molar-refractivity contribution in [2.45, 2.75) is 4.90 Å². The van der Waals surface area contributed by atoms with Gasteiger partial charge in [-0.2, -0.15) is 11.8 Å². The minimum atomic E-state index is -3.34. The molecule has 1 aromatic rings. The van der Waals surface area contributed by atoms with Gasteiger partial charge >= 0.3 is 0 Å². The molecular formula is C14H23N3O2S2. The second-order valence-electron chi connectivity index (χ2n) is 5.19. The third-order valence-electron chi connectivity index (χ3n) is 3.49. The molecule has 7 heteroatoms. The van der Waals surface area contributed by atoms with Crippen LogP contribution in [0.1, 0.15) is 0 Å². The van der Waals surface area contributed by atoms with Crippen LogP contribution < -0.4 is 5.32 Å².